The van der Waals surface area contributed by atoms with E-state index in [9.17, 15) is 9.18 Å². The number of fused-ring (bicyclic) bond motifs is 1. The summed E-state index contributed by atoms with van der Waals surface area (Å²) in [4.78, 5) is 18.1. The summed E-state index contributed by atoms with van der Waals surface area (Å²) in [6.45, 7) is 4.82. The van der Waals surface area contributed by atoms with Crippen LogP contribution in [0.25, 0.3) is 0 Å². The van der Waals surface area contributed by atoms with E-state index in [1.165, 1.54) is 12.1 Å². The summed E-state index contributed by atoms with van der Waals surface area (Å²) in [7, 11) is 0. The lowest BCUT2D eigenvalue weighted by Gasteiger charge is -2.37. The normalized spacial score (nSPS) is 16.7. The van der Waals surface area contributed by atoms with Crippen molar-refractivity contribution < 1.29 is 13.9 Å². The highest BCUT2D eigenvalue weighted by molar-refractivity contribution is 6.30. The van der Waals surface area contributed by atoms with Gasteiger partial charge in [-0.25, -0.2) is 14.2 Å². The quantitative estimate of drug-likeness (QED) is 0.780. The highest BCUT2D eigenvalue weighted by Gasteiger charge is 2.26. The fraction of sp³-hybridized carbons (Fsp3) is 0.333. The van der Waals surface area contributed by atoms with E-state index in [1.54, 1.807) is 25.3 Å². The fourth-order valence-electron chi connectivity index (χ4n) is 3.08. The van der Waals surface area contributed by atoms with Gasteiger partial charge < -0.3 is 9.64 Å². The van der Waals surface area contributed by atoms with Gasteiger partial charge in [-0.05, 0) is 55.7 Å². The lowest BCUT2D eigenvalue weighted by atomic mass is 9.94. The molecule has 4 nitrogen and oxygen atoms in total. The molecule has 0 saturated heterocycles. The van der Waals surface area contributed by atoms with Crippen molar-refractivity contribution in [2.45, 2.75) is 26.3 Å². The largest absolute Gasteiger partial charge is 0.461 e. The molecule has 0 unspecified atom stereocenters. The molecule has 0 fully saturated rings. The van der Waals surface area contributed by atoms with E-state index in [2.05, 4.69) is 9.88 Å². The average molecular weight is 349 g/mol. The van der Waals surface area contributed by atoms with Crippen LogP contribution in [-0.4, -0.2) is 24.1 Å². The van der Waals surface area contributed by atoms with E-state index >= 15 is 0 Å². The molecule has 1 aliphatic heterocycles. The number of anilines is 1. The molecule has 1 aromatic heterocycles. The molecule has 2 heterocycles. The van der Waals surface area contributed by atoms with E-state index in [0.29, 0.717) is 23.9 Å². The lowest BCUT2D eigenvalue weighted by molar-refractivity contribution is 0.0519. The molecule has 1 aromatic carbocycles. The van der Waals surface area contributed by atoms with Crippen LogP contribution in [0.4, 0.5) is 10.1 Å². The number of esters is 1. The molecule has 0 amide bonds. The average Bonchev–Trinajstić information content (AvgIpc) is 2.54. The maximum absolute atomic E-state index is 13.6. The second-order valence-electron chi connectivity index (χ2n) is 5.74. The molecule has 0 N–H and O–H groups in total. The van der Waals surface area contributed by atoms with E-state index in [-0.39, 0.29) is 11.9 Å². The minimum absolute atomic E-state index is 0.00959. The molecule has 0 bridgehead atoms. The highest BCUT2D eigenvalue weighted by Crippen LogP contribution is 2.34. The molecule has 24 heavy (non-hydrogen) atoms. The van der Waals surface area contributed by atoms with Gasteiger partial charge in [0, 0.05) is 23.5 Å². The highest BCUT2D eigenvalue weighted by atomic mass is 35.5. The monoisotopic (exact) mass is 348 g/mol. The van der Waals surface area contributed by atoms with E-state index in [0.717, 1.165) is 23.2 Å². The van der Waals surface area contributed by atoms with Crippen LogP contribution >= 0.6 is 11.6 Å². The number of carbonyl (C=O) groups excluding carboxylic acids is 1. The number of carbonyl (C=O) groups is 1. The van der Waals surface area contributed by atoms with Crippen LogP contribution in [0.1, 0.15) is 41.5 Å². The molecule has 1 atom stereocenters. The molecular formula is C18H18ClFN2O2. The first-order valence-electron chi connectivity index (χ1n) is 7.88. The molecule has 0 radical (unpaired) electrons. The van der Waals surface area contributed by atoms with Crippen molar-refractivity contribution in [3.63, 3.8) is 0 Å². The molecule has 0 spiro atoms. The number of nitrogens with zero attached hydrogens (tertiary/aromatic N) is 2. The minimum atomic E-state index is -0.410. The number of benzene rings is 1. The molecule has 0 saturated carbocycles. The maximum atomic E-state index is 13.6. The van der Waals surface area contributed by atoms with Gasteiger partial charge in [-0.15, -0.1) is 0 Å². The van der Waals surface area contributed by atoms with Gasteiger partial charge in [0.25, 0.3) is 0 Å². The van der Waals surface area contributed by atoms with Crippen molar-refractivity contribution in [3.8, 4) is 0 Å². The Morgan fingerprint density at radius 1 is 1.42 bits per heavy atom. The predicted octanol–water partition coefficient (Wildman–Crippen LogP) is 4.17. The van der Waals surface area contributed by atoms with Crippen molar-refractivity contribution in [1.29, 1.82) is 0 Å². The summed E-state index contributed by atoms with van der Waals surface area (Å²) < 4.78 is 18.6. The molecular weight excluding hydrogens is 331 g/mol. The minimum Gasteiger partial charge on any atom is -0.461 e. The Morgan fingerprint density at radius 3 is 2.92 bits per heavy atom. The number of pyridine rings is 1. The maximum Gasteiger partial charge on any atom is 0.356 e. The summed E-state index contributed by atoms with van der Waals surface area (Å²) in [5, 5.41) is 0.374. The third kappa shape index (κ3) is 3.22. The second-order valence-corrected chi connectivity index (χ2v) is 6.17. The number of halogens is 2. The Bertz CT molecular complexity index is 761. The number of rotatable bonds is 3. The molecule has 0 aliphatic carbocycles. The predicted molar refractivity (Wildman–Crippen MR) is 91.1 cm³/mol. The number of hydrogen-bond acceptors (Lipinski definition) is 4. The first-order chi connectivity index (χ1) is 11.5. The summed E-state index contributed by atoms with van der Waals surface area (Å²) in [5.74, 6) is -0.765. The summed E-state index contributed by atoms with van der Waals surface area (Å²) in [6, 6.07) is 6.33. The number of hydrogen-bond donors (Lipinski definition) is 0. The zero-order chi connectivity index (χ0) is 17.3. The lowest BCUT2D eigenvalue weighted by Crippen LogP contribution is -2.34. The van der Waals surface area contributed by atoms with Crippen LogP contribution in [0.15, 0.2) is 30.5 Å². The van der Waals surface area contributed by atoms with Gasteiger partial charge in [0.2, 0.25) is 0 Å². The topological polar surface area (TPSA) is 42.4 Å². The van der Waals surface area contributed by atoms with Crippen molar-refractivity contribution in [2.75, 3.05) is 18.1 Å². The van der Waals surface area contributed by atoms with Crippen LogP contribution in [0, 0.1) is 5.82 Å². The summed E-state index contributed by atoms with van der Waals surface area (Å²) in [6.07, 6.45) is 2.45. The Labute approximate surface area is 145 Å². The standard InChI is InChI=1S/C18H18ClFN2O2/c1-3-24-18(23)17-6-12-4-5-22(11(2)16(12)10-21-17)15-8-13(19)7-14(20)9-15/h6-11H,3-5H2,1-2H3/t11-/m0/s1. The zero-order valence-corrected chi connectivity index (χ0v) is 14.3. The molecule has 1 aliphatic rings. The third-order valence-corrected chi connectivity index (χ3v) is 4.45. The summed E-state index contributed by atoms with van der Waals surface area (Å²) >= 11 is 5.97. The molecule has 2 aromatic rings. The van der Waals surface area contributed by atoms with Crippen molar-refractivity contribution in [1.82, 2.24) is 4.98 Å². The van der Waals surface area contributed by atoms with Gasteiger partial charge in [-0.1, -0.05) is 11.6 Å². The van der Waals surface area contributed by atoms with Gasteiger partial charge in [-0.2, -0.15) is 0 Å². The van der Waals surface area contributed by atoms with E-state index in [1.807, 2.05) is 6.92 Å². The van der Waals surface area contributed by atoms with E-state index < -0.39 is 5.97 Å². The smallest absolute Gasteiger partial charge is 0.356 e. The summed E-state index contributed by atoms with van der Waals surface area (Å²) in [5.41, 5.74) is 3.16. The first kappa shape index (κ1) is 16.7. The van der Waals surface area contributed by atoms with Crippen molar-refractivity contribution >= 4 is 23.3 Å². The Morgan fingerprint density at radius 2 is 2.21 bits per heavy atom. The van der Waals surface area contributed by atoms with Gasteiger partial charge in [0.1, 0.15) is 11.5 Å². The first-order valence-corrected chi connectivity index (χ1v) is 8.26. The molecule has 6 heteroatoms. The van der Waals surface area contributed by atoms with Crippen LogP contribution in [0.3, 0.4) is 0 Å². The van der Waals surface area contributed by atoms with Gasteiger partial charge >= 0.3 is 5.97 Å². The van der Waals surface area contributed by atoms with E-state index in [4.69, 9.17) is 16.3 Å². The van der Waals surface area contributed by atoms with Crippen molar-refractivity contribution in [3.05, 3.63) is 58.1 Å². The number of ether oxygens (including phenoxy) is 1. The van der Waals surface area contributed by atoms with Gasteiger partial charge in [0.05, 0.1) is 12.6 Å². The van der Waals surface area contributed by atoms with Crippen LogP contribution < -0.4 is 4.90 Å². The molecule has 126 valence electrons. The molecule has 3 rings (SSSR count). The van der Waals surface area contributed by atoms with Gasteiger partial charge in [0.15, 0.2) is 0 Å². The van der Waals surface area contributed by atoms with Crippen LogP contribution in [0.2, 0.25) is 5.02 Å². The van der Waals surface area contributed by atoms with Crippen molar-refractivity contribution in [2.24, 2.45) is 0 Å². The SMILES string of the molecule is CCOC(=O)c1cc2c(cn1)[C@H](C)N(c1cc(F)cc(Cl)c1)CC2. The number of aromatic nitrogens is 1. The third-order valence-electron chi connectivity index (χ3n) is 4.23. The second kappa shape index (κ2) is 6.77. The Kier molecular flexibility index (Phi) is 4.71. The zero-order valence-electron chi connectivity index (χ0n) is 13.6. The van der Waals surface area contributed by atoms with Gasteiger partial charge in [-0.3, -0.25) is 0 Å². The van der Waals surface area contributed by atoms with Crippen LogP contribution in [-0.2, 0) is 11.2 Å². The Balaban J connectivity index is 1.90. The Hall–Kier alpha value is -2.14. The fourth-order valence-corrected chi connectivity index (χ4v) is 3.29. The van der Waals surface area contributed by atoms with Crippen LogP contribution in [0.5, 0.6) is 0 Å².